The van der Waals surface area contributed by atoms with Gasteiger partial charge in [0.25, 0.3) is 5.69 Å². The predicted octanol–water partition coefficient (Wildman–Crippen LogP) is 2.35. The number of fused-ring (bicyclic) bond motifs is 1. The second kappa shape index (κ2) is 7.92. The first-order valence-corrected chi connectivity index (χ1v) is 8.24. The number of carbonyl (C=O) groups excluding carboxylic acids is 1. The summed E-state index contributed by atoms with van der Waals surface area (Å²) in [4.78, 5) is 34.1. The molecule has 0 fully saturated rings. The van der Waals surface area contributed by atoms with E-state index < -0.39 is 16.6 Å². The highest BCUT2D eigenvalue weighted by molar-refractivity contribution is 6.30. The summed E-state index contributed by atoms with van der Waals surface area (Å²) in [7, 11) is 0. The first-order chi connectivity index (χ1) is 12.9. The molecule has 2 aromatic carbocycles. The van der Waals surface area contributed by atoms with E-state index in [1.165, 1.54) is 12.1 Å². The van der Waals surface area contributed by atoms with Crippen LogP contribution in [0.2, 0.25) is 5.02 Å². The van der Waals surface area contributed by atoms with Gasteiger partial charge in [0.15, 0.2) is 5.58 Å². The Labute approximate surface area is 157 Å². The number of hydrogen-bond acceptors (Lipinski definition) is 6. The molecule has 10 heteroatoms. The molecule has 0 aliphatic carbocycles. The second-order valence-electron chi connectivity index (χ2n) is 5.52. The molecule has 0 aliphatic heterocycles. The fourth-order valence-electron chi connectivity index (χ4n) is 2.43. The highest BCUT2D eigenvalue weighted by Gasteiger charge is 2.16. The number of carbonyl (C=O) groups is 1. The van der Waals surface area contributed by atoms with Gasteiger partial charge < -0.3 is 14.5 Å². The molecule has 0 saturated carbocycles. The van der Waals surface area contributed by atoms with Crippen molar-refractivity contribution in [2.45, 2.75) is 6.54 Å². The SMILES string of the molecule is O=C(Cn1c(=O)oc2cc([N+](=O)[O-])ccc21)NCCOc1cccc(Cl)c1. The van der Waals surface area contributed by atoms with Gasteiger partial charge in [-0.25, -0.2) is 4.79 Å². The lowest BCUT2D eigenvalue weighted by Crippen LogP contribution is -2.33. The van der Waals surface area contributed by atoms with Crippen LogP contribution in [0.4, 0.5) is 5.69 Å². The third-order valence-corrected chi connectivity index (χ3v) is 3.89. The summed E-state index contributed by atoms with van der Waals surface area (Å²) in [6, 6.07) is 10.6. The highest BCUT2D eigenvalue weighted by atomic mass is 35.5. The van der Waals surface area contributed by atoms with E-state index in [0.717, 1.165) is 10.6 Å². The van der Waals surface area contributed by atoms with Crippen LogP contribution in [0.15, 0.2) is 51.7 Å². The molecule has 0 radical (unpaired) electrons. The number of halogens is 1. The highest BCUT2D eigenvalue weighted by Crippen LogP contribution is 2.20. The molecule has 140 valence electrons. The first-order valence-electron chi connectivity index (χ1n) is 7.87. The molecule has 3 aromatic rings. The number of nitrogens with one attached hydrogen (secondary N) is 1. The average molecular weight is 392 g/mol. The minimum Gasteiger partial charge on any atom is -0.492 e. The Bertz CT molecular complexity index is 1060. The number of hydrogen-bond donors (Lipinski definition) is 1. The monoisotopic (exact) mass is 391 g/mol. The molecule has 27 heavy (non-hydrogen) atoms. The van der Waals surface area contributed by atoms with Gasteiger partial charge in [-0.1, -0.05) is 17.7 Å². The van der Waals surface area contributed by atoms with Crippen molar-refractivity contribution in [3.05, 3.63) is 68.2 Å². The molecule has 1 heterocycles. The standard InChI is InChI=1S/C17H14ClN3O6/c18-11-2-1-3-13(8-11)26-7-6-19-16(22)10-20-14-5-4-12(21(24)25)9-15(14)27-17(20)23/h1-5,8-9H,6-7,10H2,(H,19,22). The smallest absolute Gasteiger partial charge is 0.420 e. The maximum Gasteiger partial charge on any atom is 0.420 e. The van der Waals surface area contributed by atoms with Gasteiger partial charge in [0, 0.05) is 11.1 Å². The number of non-ortho nitro benzene ring substituents is 1. The minimum absolute atomic E-state index is 0.0475. The Morgan fingerprint density at radius 3 is 2.85 bits per heavy atom. The second-order valence-corrected chi connectivity index (χ2v) is 5.96. The summed E-state index contributed by atoms with van der Waals surface area (Å²) < 4.78 is 11.5. The topological polar surface area (TPSA) is 117 Å². The molecule has 3 rings (SSSR count). The number of rotatable bonds is 7. The van der Waals surface area contributed by atoms with Crippen molar-refractivity contribution in [1.82, 2.24) is 9.88 Å². The fourth-order valence-corrected chi connectivity index (χ4v) is 2.61. The number of nitro benzene ring substituents is 1. The lowest BCUT2D eigenvalue weighted by Gasteiger charge is -2.08. The molecule has 0 unspecified atom stereocenters. The van der Waals surface area contributed by atoms with Gasteiger partial charge in [-0.3, -0.25) is 19.5 Å². The number of nitro groups is 1. The van der Waals surface area contributed by atoms with Gasteiger partial charge in [-0.2, -0.15) is 0 Å². The first kappa shape index (κ1) is 18.5. The van der Waals surface area contributed by atoms with Crippen molar-refractivity contribution in [3.63, 3.8) is 0 Å². The Balaban J connectivity index is 1.58. The number of aromatic nitrogens is 1. The van der Waals surface area contributed by atoms with Crippen molar-refractivity contribution < 1.29 is 18.9 Å². The van der Waals surface area contributed by atoms with Crippen LogP contribution in [0.1, 0.15) is 0 Å². The molecule has 0 bridgehead atoms. The van der Waals surface area contributed by atoms with E-state index in [1.807, 2.05) is 0 Å². The van der Waals surface area contributed by atoms with E-state index in [-0.39, 0.29) is 31.0 Å². The van der Waals surface area contributed by atoms with E-state index >= 15 is 0 Å². The van der Waals surface area contributed by atoms with Gasteiger partial charge in [-0.15, -0.1) is 0 Å². The van der Waals surface area contributed by atoms with Crippen molar-refractivity contribution in [3.8, 4) is 5.75 Å². The molecular formula is C17H14ClN3O6. The maximum atomic E-state index is 12.0. The largest absolute Gasteiger partial charge is 0.492 e. The number of ether oxygens (including phenoxy) is 1. The van der Waals surface area contributed by atoms with Gasteiger partial charge in [0.2, 0.25) is 5.91 Å². The molecule has 9 nitrogen and oxygen atoms in total. The van der Waals surface area contributed by atoms with Crippen LogP contribution >= 0.6 is 11.6 Å². The fraction of sp³-hybridized carbons (Fsp3) is 0.176. The van der Waals surface area contributed by atoms with E-state index in [1.54, 1.807) is 24.3 Å². The Kier molecular flexibility index (Phi) is 5.41. The Morgan fingerprint density at radius 2 is 2.11 bits per heavy atom. The van der Waals surface area contributed by atoms with E-state index in [9.17, 15) is 19.7 Å². The Morgan fingerprint density at radius 1 is 1.30 bits per heavy atom. The van der Waals surface area contributed by atoms with Crippen molar-refractivity contribution >= 4 is 34.3 Å². The third kappa shape index (κ3) is 4.45. The van der Waals surface area contributed by atoms with Crippen LogP contribution < -0.4 is 15.8 Å². The Hall–Kier alpha value is -3.33. The van der Waals surface area contributed by atoms with Crippen LogP contribution in [0, 0.1) is 10.1 Å². The van der Waals surface area contributed by atoms with Crippen molar-refractivity contribution in [2.75, 3.05) is 13.2 Å². The quantitative estimate of drug-likeness (QED) is 0.375. The predicted molar refractivity (Wildman–Crippen MR) is 97.1 cm³/mol. The molecule has 0 atom stereocenters. The van der Waals surface area contributed by atoms with Gasteiger partial charge in [-0.05, 0) is 24.3 Å². The van der Waals surface area contributed by atoms with E-state index in [2.05, 4.69) is 5.32 Å². The number of benzene rings is 2. The summed E-state index contributed by atoms with van der Waals surface area (Å²) in [6.45, 7) is 0.168. The van der Waals surface area contributed by atoms with Crippen LogP contribution in [0.3, 0.4) is 0 Å². The molecule has 0 saturated heterocycles. The lowest BCUT2D eigenvalue weighted by molar-refractivity contribution is -0.384. The zero-order chi connectivity index (χ0) is 19.4. The third-order valence-electron chi connectivity index (χ3n) is 3.65. The molecule has 0 spiro atoms. The van der Waals surface area contributed by atoms with Gasteiger partial charge in [0.1, 0.15) is 18.9 Å². The lowest BCUT2D eigenvalue weighted by atomic mass is 10.3. The van der Waals surface area contributed by atoms with Gasteiger partial charge in [0.05, 0.1) is 23.1 Å². The molecule has 1 amide bonds. The molecular weight excluding hydrogens is 378 g/mol. The van der Waals surface area contributed by atoms with Crippen molar-refractivity contribution in [2.24, 2.45) is 0 Å². The molecule has 1 N–H and O–H groups in total. The zero-order valence-electron chi connectivity index (χ0n) is 13.9. The minimum atomic E-state index is -0.768. The summed E-state index contributed by atoms with van der Waals surface area (Å²) in [5.74, 6) is -0.612. The van der Waals surface area contributed by atoms with Crippen molar-refractivity contribution in [1.29, 1.82) is 0 Å². The van der Waals surface area contributed by atoms with E-state index in [4.69, 9.17) is 20.8 Å². The zero-order valence-corrected chi connectivity index (χ0v) is 14.6. The molecule has 1 aromatic heterocycles. The number of amides is 1. The summed E-state index contributed by atoms with van der Waals surface area (Å²) >= 11 is 5.85. The average Bonchev–Trinajstić information content (AvgIpc) is 2.93. The van der Waals surface area contributed by atoms with Crippen LogP contribution in [-0.4, -0.2) is 28.5 Å². The summed E-state index contributed by atoms with van der Waals surface area (Å²) in [5.41, 5.74) is 0.147. The molecule has 0 aliphatic rings. The van der Waals surface area contributed by atoms with E-state index in [0.29, 0.717) is 16.3 Å². The van der Waals surface area contributed by atoms with Crippen LogP contribution in [-0.2, 0) is 11.3 Å². The normalized spacial score (nSPS) is 10.7. The maximum absolute atomic E-state index is 12.0. The summed E-state index contributed by atoms with van der Waals surface area (Å²) in [6.07, 6.45) is 0. The summed E-state index contributed by atoms with van der Waals surface area (Å²) in [5, 5.41) is 13.9. The van der Waals surface area contributed by atoms with Gasteiger partial charge >= 0.3 is 5.76 Å². The number of oxazole rings is 1. The number of nitrogens with zero attached hydrogens (tertiary/aromatic N) is 2. The van der Waals surface area contributed by atoms with Crippen LogP contribution in [0.25, 0.3) is 11.1 Å². The van der Waals surface area contributed by atoms with Crippen LogP contribution in [0.5, 0.6) is 5.75 Å².